The molecule has 0 unspecified atom stereocenters. The summed E-state index contributed by atoms with van der Waals surface area (Å²) in [6, 6.07) is 7.91. The Morgan fingerprint density at radius 1 is 1.07 bits per heavy atom. The average molecular weight is 416 g/mol. The van der Waals surface area contributed by atoms with Gasteiger partial charge < -0.3 is 14.8 Å². The van der Waals surface area contributed by atoms with Crippen molar-refractivity contribution in [1.29, 1.82) is 0 Å². The van der Waals surface area contributed by atoms with Gasteiger partial charge in [0.15, 0.2) is 6.10 Å². The topological polar surface area (TPSA) is 112 Å². The molecular weight excluding hydrogens is 388 g/mol. The standard InChI is InChI=1S/C21H28N4O5/c1-13(2)25-17(10-11-22-25)24-18(26)14(3)29-19(27)15-8-7-9-16(12-15)23-20(28)30-21(4,5)6/h7-14H,1-6H3,(H,23,28)(H,24,26)/t14-/m1/s1. The molecule has 0 spiro atoms. The average Bonchev–Trinajstić information content (AvgIpc) is 3.08. The maximum atomic E-state index is 12.4. The Kier molecular flexibility index (Phi) is 7.20. The van der Waals surface area contributed by atoms with Crippen LogP contribution in [0, 0.1) is 0 Å². The zero-order valence-corrected chi connectivity index (χ0v) is 18.1. The Morgan fingerprint density at radius 3 is 2.40 bits per heavy atom. The lowest BCUT2D eigenvalue weighted by Gasteiger charge is -2.19. The van der Waals surface area contributed by atoms with Crippen LogP contribution in [0.4, 0.5) is 16.3 Å². The van der Waals surface area contributed by atoms with Crippen LogP contribution in [-0.2, 0) is 14.3 Å². The van der Waals surface area contributed by atoms with Crippen LogP contribution in [0.1, 0.15) is 57.9 Å². The highest BCUT2D eigenvalue weighted by Crippen LogP contribution is 2.16. The Balaban J connectivity index is 1.99. The first-order valence-corrected chi connectivity index (χ1v) is 9.61. The molecule has 1 aromatic heterocycles. The third kappa shape index (κ3) is 6.61. The fraction of sp³-hybridized carbons (Fsp3) is 0.429. The predicted octanol–water partition coefficient (Wildman–Crippen LogP) is 4.00. The molecule has 0 aliphatic heterocycles. The second-order valence-corrected chi connectivity index (χ2v) is 8.00. The van der Waals surface area contributed by atoms with Crippen LogP contribution >= 0.6 is 0 Å². The summed E-state index contributed by atoms with van der Waals surface area (Å²) < 4.78 is 12.1. The highest BCUT2D eigenvalue weighted by molar-refractivity contribution is 5.97. The molecule has 2 amide bonds. The summed E-state index contributed by atoms with van der Waals surface area (Å²) in [5, 5.41) is 9.40. The number of aromatic nitrogens is 2. The second kappa shape index (κ2) is 9.43. The summed E-state index contributed by atoms with van der Waals surface area (Å²) >= 11 is 0. The van der Waals surface area contributed by atoms with Crippen molar-refractivity contribution in [3.63, 3.8) is 0 Å². The zero-order chi connectivity index (χ0) is 22.5. The van der Waals surface area contributed by atoms with Crippen molar-refractivity contribution in [3.05, 3.63) is 42.1 Å². The smallest absolute Gasteiger partial charge is 0.412 e. The number of carbonyl (C=O) groups is 3. The third-order valence-corrected chi connectivity index (χ3v) is 3.81. The van der Waals surface area contributed by atoms with Gasteiger partial charge in [-0.15, -0.1) is 0 Å². The SMILES string of the molecule is CC(C)n1nccc1NC(=O)[C@@H](C)OC(=O)c1cccc(NC(=O)OC(C)(C)C)c1. The van der Waals surface area contributed by atoms with Crippen molar-refractivity contribution in [2.45, 2.75) is 59.3 Å². The summed E-state index contributed by atoms with van der Waals surface area (Å²) in [4.78, 5) is 36.7. The van der Waals surface area contributed by atoms with E-state index in [0.717, 1.165) is 0 Å². The number of carbonyl (C=O) groups excluding carboxylic acids is 3. The van der Waals surface area contributed by atoms with Gasteiger partial charge in [-0.3, -0.25) is 10.1 Å². The number of rotatable bonds is 6. The molecule has 0 bridgehead atoms. The quantitative estimate of drug-likeness (QED) is 0.689. The molecule has 2 rings (SSSR count). The fourth-order valence-electron chi connectivity index (χ4n) is 2.48. The normalized spacial score (nSPS) is 12.2. The van der Waals surface area contributed by atoms with Gasteiger partial charge in [-0.05, 0) is 59.7 Å². The lowest BCUT2D eigenvalue weighted by Crippen LogP contribution is -2.31. The Morgan fingerprint density at radius 2 is 1.77 bits per heavy atom. The molecule has 0 saturated carbocycles. The number of nitrogens with zero attached hydrogens (tertiary/aromatic N) is 2. The van der Waals surface area contributed by atoms with E-state index in [-0.39, 0.29) is 11.6 Å². The van der Waals surface area contributed by atoms with E-state index in [4.69, 9.17) is 9.47 Å². The molecule has 162 valence electrons. The molecule has 30 heavy (non-hydrogen) atoms. The minimum atomic E-state index is -1.03. The minimum absolute atomic E-state index is 0.0633. The number of esters is 1. The van der Waals surface area contributed by atoms with Gasteiger partial charge in [0.05, 0.1) is 11.8 Å². The van der Waals surface area contributed by atoms with E-state index in [1.54, 1.807) is 49.8 Å². The molecule has 1 atom stereocenters. The monoisotopic (exact) mass is 416 g/mol. The first-order valence-electron chi connectivity index (χ1n) is 9.61. The summed E-state index contributed by atoms with van der Waals surface area (Å²) in [6.45, 7) is 10.6. The lowest BCUT2D eigenvalue weighted by molar-refractivity contribution is -0.123. The number of anilines is 2. The predicted molar refractivity (Wildman–Crippen MR) is 112 cm³/mol. The number of hydrogen-bond acceptors (Lipinski definition) is 6. The maximum Gasteiger partial charge on any atom is 0.412 e. The van der Waals surface area contributed by atoms with Crippen molar-refractivity contribution < 1.29 is 23.9 Å². The molecule has 1 heterocycles. The van der Waals surface area contributed by atoms with Crippen LogP contribution in [-0.4, -0.2) is 39.5 Å². The molecule has 0 radical (unpaired) electrons. The molecule has 2 aromatic rings. The van der Waals surface area contributed by atoms with E-state index in [1.807, 2.05) is 13.8 Å². The Bertz CT molecular complexity index is 914. The number of hydrogen-bond donors (Lipinski definition) is 2. The molecule has 0 saturated heterocycles. The van der Waals surface area contributed by atoms with Crippen LogP contribution in [0.5, 0.6) is 0 Å². The van der Waals surface area contributed by atoms with Gasteiger partial charge in [0, 0.05) is 17.8 Å². The molecule has 2 N–H and O–H groups in total. The van der Waals surface area contributed by atoms with Crippen LogP contribution in [0.3, 0.4) is 0 Å². The van der Waals surface area contributed by atoms with Gasteiger partial charge >= 0.3 is 12.1 Å². The van der Waals surface area contributed by atoms with Gasteiger partial charge in [-0.1, -0.05) is 6.07 Å². The molecular formula is C21H28N4O5. The van der Waals surface area contributed by atoms with Crippen molar-refractivity contribution in [3.8, 4) is 0 Å². The summed E-state index contributed by atoms with van der Waals surface area (Å²) in [5.74, 6) is -0.655. The first-order chi connectivity index (χ1) is 14.0. The number of nitrogens with one attached hydrogen (secondary N) is 2. The van der Waals surface area contributed by atoms with Crippen molar-refractivity contribution in [2.24, 2.45) is 0 Å². The lowest BCUT2D eigenvalue weighted by atomic mass is 10.2. The number of benzene rings is 1. The van der Waals surface area contributed by atoms with Crippen molar-refractivity contribution >= 4 is 29.5 Å². The van der Waals surface area contributed by atoms with Crippen molar-refractivity contribution in [1.82, 2.24) is 9.78 Å². The fourth-order valence-corrected chi connectivity index (χ4v) is 2.48. The summed E-state index contributed by atoms with van der Waals surface area (Å²) in [6.07, 6.45) is -0.0897. The van der Waals surface area contributed by atoms with E-state index in [1.165, 1.54) is 19.1 Å². The minimum Gasteiger partial charge on any atom is -0.449 e. The number of ether oxygens (including phenoxy) is 2. The van der Waals surface area contributed by atoms with E-state index in [9.17, 15) is 14.4 Å². The Hall–Kier alpha value is -3.36. The summed E-state index contributed by atoms with van der Waals surface area (Å²) in [5.41, 5.74) is -0.0824. The highest BCUT2D eigenvalue weighted by Gasteiger charge is 2.21. The number of amides is 2. The molecule has 9 nitrogen and oxygen atoms in total. The van der Waals surface area contributed by atoms with Crippen molar-refractivity contribution in [2.75, 3.05) is 10.6 Å². The second-order valence-electron chi connectivity index (χ2n) is 8.00. The van der Waals surface area contributed by atoms with E-state index >= 15 is 0 Å². The van der Waals surface area contributed by atoms with Gasteiger partial charge in [0.25, 0.3) is 5.91 Å². The van der Waals surface area contributed by atoms with Gasteiger partial charge in [0.2, 0.25) is 0 Å². The first kappa shape index (κ1) is 22.9. The van der Waals surface area contributed by atoms with Crippen LogP contribution in [0.15, 0.2) is 36.5 Å². The van der Waals surface area contributed by atoms with E-state index in [2.05, 4.69) is 15.7 Å². The van der Waals surface area contributed by atoms with Crippen LogP contribution in [0.2, 0.25) is 0 Å². The molecule has 0 aliphatic carbocycles. The van der Waals surface area contributed by atoms with Gasteiger partial charge in [0.1, 0.15) is 11.4 Å². The molecule has 0 fully saturated rings. The largest absolute Gasteiger partial charge is 0.449 e. The van der Waals surface area contributed by atoms with E-state index < -0.39 is 29.7 Å². The van der Waals surface area contributed by atoms with Gasteiger partial charge in [-0.25, -0.2) is 14.3 Å². The molecule has 0 aliphatic rings. The maximum absolute atomic E-state index is 12.4. The molecule has 1 aromatic carbocycles. The van der Waals surface area contributed by atoms with Gasteiger partial charge in [-0.2, -0.15) is 5.10 Å². The zero-order valence-electron chi connectivity index (χ0n) is 18.1. The summed E-state index contributed by atoms with van der Waals surface area (Å²) in [7, 11) is 0. The Labute approximate surface area is 175 Å². The van der Waals surface area contributed by atoms with Crippen LogP contribution in [0.25, 0.3) is 0 Å². The van der Waals surface area contributed by atoms with Crippen LogP contribution < -0.4 is 10.6 Å². The van der Waals surface area contributed by atoms with E-state index in [0.29, 0.717) is 11.5 Å². The third-order valence-electron chi connectivity index (χ3n) is 3.81. The molecule has 9 heteroatoms. The highest BCUT2D eigenvalue weighted by atomic mass is 16.6.